The van der Waals surface area contributed by atoms with Crippen LogP contribution in [0.3, 0.4) is 0 Å². The van der Waals surface area contributed by atoms with E-state index in [0.29, 0.717) is 18.9 Å². The fourth-order valence-electron chi connectivity index (χ4n) is 3.59. The van der Waals surface area contributed by atoms with Crippen LogP contribution in [-0.2, 0) is 0 Å². The summed E-state index contributed by atoms with van der Waals surface area (Å²) in [6, 6.07) is 14.5. The number of piperidine rings is 1. The van der Waals surface area contributed by atoms with Gasteiger partial charge in [0.05, 0.1) is 0 Å². The molecular formula is C22H19F2N3O. The highest BCUT2D eigenvalue weighted by Crippen LogP contribution is 2.28. The molecule has 0 unspecified atom stereocenters. The van der Waals surface area contributed by atoms with Gasteiger partial charge < -0.3 is 4.90 Å². The molecule has 2 heterocycles. The summed E-state index contributed by atoms with van der Waals surface area (Å²) in [4.78, 5) is 23.4. The molecule has 4 rings (SSSR count). The number of aromatic nitrogens is 2. The first-order chi connectivity index (χ1) is 13.6. The van der Waals surface area contributed by atoms with Crippen LogP contribution in [0, 0.1) is 11.6 Å². The molecule has 142 valence electrons. The molecule has 0 N–H and O–H groups in total. The Balaban J connectivity index is 1.55. The number of carbonyl (C=O) groups excluding carboxylic acids is 1. The Morgan fingerprint density at radius 2 is 1.79 bits per heavy atom. The van der Waals surface area contributed by atoms with Gasteiger partial charge in [0.2, 0.25) is 0 Å². The molecule has 28 heavy (non-hydrogen) atoms. The van der Waals surface area contributed by atoms with Crippen molar-refractivity contribution in [3.8, 4) is 11.4 Å². The van der Waals surface area contributed by atoms with Gasteiger partial charge in [-0.25, -0.2) is 18.7 Å². The minimum Gasteiger partial charge on any atom is -0.338 e. The molecule has 1 aliphatic rings. The maximum absolute atomic E-state index is 13.5. The number of nitrogens with zero attached hydrogens (tertiary/aromatic N) is 3. The molecule has 1 amide bonds. The van der Waals surface area contributed by atoms with Crippen LogP contribution in [0.1, 0.15) is 34.8 Å². The molecule has 1 atom stereocenters. The zero-order valence-electron chi connectivity index (χ0n) is 15.2. The lowest BCUT2D eigenvalue weighted by molar-refractivity contribution is 0.0705. The van der Waals surface area contributed by atoms with E-state index in [1.54, 1.807) is 11.1 Å². The summed E-state index contributed by atoms with van der Waals surface area (Å²) >= 11 is 0. The summed E-state index contributed by atoms with van der Waals surface area (Å²) in [6.07, 6.45) is 3.43. The Morgan fingerprint density at radius 3 is 2.54 bits per heavy atom. The van der Waals surface area contributed by atoms with Gasteiger partial charge >= 0.3 is 0 Å². The van der Waals surface area contributed by atoms with E-state index in [0.717, 1.165) is 42.3 Å². The molecule has 0 saturated carbocycles. The Kier molecular flexibility index (Phi) is 5.10. The topological polar surface area (TPSA) is 46.1 Å². The number of carbonyl (C=O) groups is 1. The standard InChI is InChI=1S/C22H19F2N3O/c23-18-11-17(12-19(24)13-18)22(28)27-10-4-7-16(14-27)20-8-9-25-21(26-20)15-5-2-1-3-6-15/h1-3,5-6,8-9,11-13,16H,4,7,10,14H2/t16-/m0/s1. The summed E-state index contributed by atoms with van der Waals surface area (Å²) in [6.45, 7) is 1.02. The molecule has 4 nitrogen and oxygen atoms in total. The second-order valence-corrected chi connectivity index (χ2v) is 6.92. The van der Waals surface area contributed by atoms with E-state index in [-0.39, 0.29) is 17.4 Å². The smallest absolute Gasteiger partial charge is 0.254 e. The minimum atomic E-state index is -0.750. The van der Waals surface area contributed by atoms with E-state index < -0.39 is 11.6 Å². The largest absolute Gasteiger partial charge is 0.338 e. The Morgan fingerprint density at radius 1 is 1.04 bits per heavy atom. The van der Waals surface area contributed by atoms with Crippen molar-refractivity contribution in [1.82, 2.24) is 14.9 Å². The summed E-state index contributed by atoms with van der Waals surface area (Å²) < 4.78 is 27.0. The molecule has 1 saturated heterocycles. The third-order valence-electron chi connectivity index (χ3n) is 4.95. The average Bonchev–Trinajstić information content (AvgIpc) is 2.73. The van der Waals surface area contributed by atoms with Crippen molar-refractivity contribution in [2.75, 3.05) is 13.1 Å². The normalized spacial score (nSPS) is 16.8. The lowest BCUT2D eigenvalue weighted by Gasteiger charge is -2.32. The number of benzene rings is 2. The average molecular weight is 379 g/mol. The van der Waals surface area contributed by atoms with Crippen LogP contribution in [0.2, 0.25) is 0 Å². The molecule has 2 aromatic carbocycles. The molecule has 0 spiro atoms. The van der Waals surface area contributed by atoms with E-state index in [9.17, 15) is 13.6 Å². The number of likely N-dealkylation sites (tertiary alicyclic amines) is 1. The molecule has 6 heteroatoms. The predicted molar refractivity (Wildman–Crippen MR) is 102 cm³/mol. The van der Waals surface area contributed by atoms with Gasteiger partial charge in [-0.2, -0.15) is 0 Å². The lowest BCUT2D eigenvalue weighted by atomic mass is 9.94. The van der Waals surface area contributed by atoms with Gasteiger partial charge in [-0.05, 0) is 31.0 Å². The number of halogens is 2. The number of rotatable bonds is 3. The van der Waals surface area contributed by atoms with Crippen molar-refractivity contribution in [3.05, 3.63) is 83.7 Å². The van der Waals surface area contributed by atoms with Crippen LogP contribution in [-0.4, -0.2) is 33.9 Å². The van der Waals surface area contributed by atoms with E-state index in [1.807, 2.05) is 36.4 Å². The van der Waals surface area contributed by atoms with E-state index in [1.165, 1.54) is 0 Å². The highest BCUT2D eigenvalue weighted by atomic mass is 19.1. The van der Waals surface area contributed by atoms with Gasteiger partial charge in [0.15, 0.2) is 5.82 Å². The van der Waals surface area contributed by atoms with Crippen LogP contribution >= 0.6 is 0 Å². The van der Waals surface area contributed by atoms with E-state index in [4.69, 9.17) is 4.98 Å². The molecule has 0 bridgehead atoms. The zero-order valence-corrected chi connectivity index (χ0v) is 15.2. The van der Waals surface area contributed by atoms with Crippen molar-refractivity contribution >= 4 is 5.91 Å². The van der Waals surface area contributed by atoms with Crippen molar-refractivity contribution < 1.29 is 13.6 Å². The number of hydrogen-bond donors (Lipinski definition) is 0. The van der Waals surface area contributed by atoms with Gasteiger partial charge in [0, 0.05) is 48.1 Å². The molecule has 1 aromatic heterocycles. The first-order valence-electron chi connectivity index (χ1n) is 9.24. The van der Waals surface area contributed by atoms with Gasteiger partial charge in [-0.15, -0.1) is 0 Å². The SMILES string of the molecule is O=C(c1cc(F)cc(F)c1)N1CCC[C@H](c2ccnc(-c3ccccc3)n2)C1. The summed E-state index contributed by atoms with van der Waals surface area (Å²) in [5, 5.41) is 0. The van der Waals surface area contributed by atoms with Crippen molar-refractivity contribution in [3.63, 3.8) is 0 Å². The van der Waals surface area contributed by atoms with Crippen molar-refractivity contribution in [2.24, 2.45) is 0 Å². The third-order valence-corrected chi connectivity index (χ3v) is 4.95. The maximum atomic E-state index is 13.5. The first kappa shape index (κ1) is 18.2. The molecule has 3 aromatic rings. The van der Waals surface area contributed by atoms with Gasteiger partial charge in [0.25, 0.3) is 5.91 Å². The third kappa shape index (κ3) is 3.91. The molecule has 0 aliphatic carbocycles. The van der Waals surface area contributed by atoms with Crippen LogP contribution in [0.25, 0.3) is 11.4 Å². The highest BCUT2D eigenvalue weighted by Gasteiger charge is 2.27. The second-order valence-electron chi connectivity index (χ2n) is 6.92. The number of hydrogen-bond acceptors (Lipinski definition) is 3. The fraction of sp³-hybridized carbons (Fsp3) is 0.227. The zero-order chi connectivity index (χ0) is 19.5. The molecule has 1 aliphatic heterocycles. The maximum Gasteiger partial charge on any atom is 0.254 e. The number of amides is 1. The van der Waals surface area contributed by atoms with E-state index >= 15 is 0 Å². The van der Waals surface area contributed by atoms with Gasteiger partial charge in [0.1, 0.15) is 11.6 Å². The van der Waals surface area contributed by atoms with Crippen LogP contribution in [0.4, 0.5) is 8.78 Å². The molecule has 0 radical (unpaired) electrons. The summed E-state index contributed by atoms with van der Waals surface area (Å²) in [7, 11) is 0. The predicted octanol–water partition coefficient (Wildman–Crippen LogP) is 4.44. The Bertz CT molecular complexity index is 974. The van der Waals surface area contributed by atoms with Crippen molar-refractivity contribution in [2.45, 2.75) is 18.8 Å². The van der Waals surface area contributed by atoms with Crippen LogP contribution in [0.5, 0.6) is 0 Å². The van der Waals surface area contributed by atoms with Crippen LogP contribution < -0.4 is 0 Å². The van der Waals surface area contributed by atoms with Gasteiger partial charge in [-0.1, -0.05) is 30.3 Å². The summed E-state index contributed by atoms with van der Waals surface area (Å²) in [5.41, 5.74) is 1.84. The molecular weight excluding hydrogens is 360 g/mol. The summed E-state index contributed by atoms with van der Waals surface area (Å²) in [5.74, 6) is -1.16. The first-order valence-corrected chi connectivity index (χ1v) is 9.24. The fourth-order valence-corrected chi connectivity index (χ4v) is 3.59. The second kappa shape index (κ2) is 7.84. The Hall–Kier alpha value is -3.15. The highest BCUT2D eigenvalue weighted by molar-refractivity contribution is 5.94. The molecule has 1 fully saturated rings. The van der Waals surface area contributed by atoms with Gasteiger partial charge in [-0.3, -0.25) is 4.79 Å². The Labute approximate surface area is 161 Å². The monoisotopic (exact) mass is 379 g/mol. The minimum absolute atomic E-state index is 0.0332. The lowest BCUT2D eigenvalue weighted by Crippen LogP contribution is -2.39. The van der Waals surface area contributed by atoms with E-state index in [2.05, 4.69) is 4.98 Å². The van der Waals surface area contributed by atoms with Crippen LogP contribution in [0.15, 0.2) is 60.8 Å². The quantitative estimate of drug-likeness (QED) is 0.676. The van der Waals surface area contributed by atoms with Crippen molar-refractivity contribution in [1.29, 1.82) is 0 Å².